The van der Waals surface area contributed by atoms with Crippen LogP contribution in [0.5, 0.6) is 11.5 Å². The second-order valence-corrected chi connectivity index (χ2v) is 5.34. The van der Waals surface area contributed by atoms with Gasteiger partial charge in [0.15, 0.2) is 0 Å². The third kappa shape index (κ3) is 5.47. The number of carbonyl (C=O) groups is 2. The average molecular weight is 395 g/mol. The van der Waals surface area contributed by atoms with Crippen LogP contribution >= 0.6 is 0 Å². The SMILES string of the molecule is COc1ccc(OC)c(C=NNC(=O)C(=O)Nc2ccc(C(F)(F)F)cc2)c1. The van der Waals surface area contributed by atoms with Crippen molar-refractivity contribution in [3.8, 4) is 11.5 Å². The number of rotatable bonds is 5. The van der Waals surface area contributed by atoms with E-state index in [0.717, 1.165) is 24.3 Å². The quantitative estimate of drug-likeness (QED) is 0.463. The van der Waals surface area contributed by atoms with Gasteiger partial charge < -0.3 is 14.8 Å². The molecule has 0 saturated carbocycles. The normalized spacial score (nSPS) is 11.2. The highest BCUT2D eigenvalue weighted by molar-refractivity contribution is 6.39. The standard InChI is InChI=1S/C18H16F3N3O4/c1-27-14-7-8-15(28-2)11(9-14)10-22-24-17(26)16(25)23-13-5-3-12(4-6-13)18(19,20)21/h3-10H,1-2H3,(H,23,25)(H,24,26). The molecule has 0 atom stereocenters. The number of halogens is 3. The van der Waals surface area contributed by atoms with Crippen LogP contribution in [0.4, 0.5) is 18.9 Å². The number of methoxy groups -OCH3 is 2. The summed E-state index contributed by atoms with van der Waals surface area (Å²) >= 11 is 0. The highest BCUT2D eigenvalue weighted by Gasteiger charge is 2.30. The van der Waals surface area contributed by atoms with E-state index in [1.807, 2.05) is 5.43 Å². The van der Waals surface area contributed by atoms with Gasteiger partial charge in [0.25, 0.3) is 0 Å². The Morgan fingerprint density at radius 3 is 2.25 bits per heavy atom. The first-order chi connectivity index (χ1) is 13.2. The van der Waals surface area contributed by atoms with Crippen molar-refractivity contribution in [2.75, 3.05) is 19.5 Å². The first-order valence-electron chi connectivity index (χ1n) is 7.78. The molecule has 0 aliphatic carbocycles. The third-order valence-corrected chi connectivity index (χ3v) is 3.48. The molecule has 2 N–H and O–H groups in total. The van der Waals surface area contributed by atoms with E-state index in [9.17, 15) is 22.8 Å². The van der Waals surface area contributed by atoms with Crippen molar-refractivity contribution in [3.05, 3.63) is 53.6 Å². The van der Waals surface area contributed by atoms with Crippen molar-refractivity contribution < 1.29 is 32.2 Å². The number of carbonyl (C=O) groups excluding carboxylic acids is 2. The maximum Gasteiger partial charge on any atom is 0.416 e. The smallest absolute Gasteiger partial charge is 0.416 e. The van der Waals surface area contributed by atoms with Crippen molar-refractivity contribution in [3.63, 3.8) is 0 Å². The van der Waals surface area contributed by atoms with Gasteiger partial charge in [0.2, 0.25) is 0 Å². The minimum atomic E-state index is -4.49. The molecule has 0 aliphatic heterocycles. The van der Waals surface area contributed by atoms with Gasteiger partial charge in [-0.3, -0.25) is 9.59 Å². The van der Waals surface area contributed by atoms with Crippen LogP contribution in [0.3, 0.4) is 0 Å². The largest absolute Gasteiger partial charge is 0.497 e. The number of ether oxygens (including phenoxy) is 2. The zero-order valence-electron chi connectivity index (χ0n) is 14.8. The number of alkyl halides is 3. The number of nitrogens with one attached hydrogen (secondary N) is 2. The first kappa shape index (κ1) is 20.7. The van der Waals surface area contributed by atoms with E-state index in [4.69, 9.17) is 9.47 Å². The third-order valence-electron chi connectivity index (χ3n) is 3.48. The zero-order valence-corrected chi connectivity index (χ0v) is 14.8. The molecule has 0 radical (unpaired) electrons. The van der Waals surface area contributed by atoms with Gasteiger partial charge in [-0.05, 0) is 42.5 Å². The maximum absolute atomic E-state index is 12.5. The molecule has 0 heterocycles. The van der Waals surface area contributed by atoms with E-state index >= 15 is 0 Å². The van der Waals surface area contributed by atoms with Gasteiger partial charge in [-0.25, -0.2) is 5.43 Å². The average Bonchev–Trinajstić information content (AvgIpc) is 2.67. The van der Waals surface area contributed by atoms with Crippen LogP contribution in [-0.2, 0) is 15.8 Å². The van der Waals surface area contributed by atoms with Crippen LogP contribution in [0, 0.1) is 0 Å². The van der Waals surface area contributed by atoms with Crippen LogP contribution in [0.1, 0.15) is 11.1 Å². The van der Waals surface area contributed by atoms with Crippen LogP contribution in [-0.4, -0.2) is 32.2 Å². The van der Waals surface area contributed by atoms with Crippen molar-refractivity contribution in [1.82, 2.24) is 5.43 Å². The summed E-state index contributed by atoms with van der Waals surface area (Å²) in [6.07, 6.45) is -3.24. The van der Waals surface area contributed by atoms with Crippen LogP contribution in [0.25, 0.3) is 0 Å². The molecular weight excluding hydrogens is 379 g/mol. The Bertz CT molecular complexity index is 881. The Hall–Kier alpha value is -3.56. The molecule has 28 heavy (non-hydrogen) atoms. The summed E-state index contributed by atoms with van der Waals surface area (Å²) in [4.78, 5) is 23.6. The predicted octanol–water partition coefficient (Wildman–Crippen LogP) is 2.81. The molecule has 2 aromatic rings. The van der Waals surface area contributed by atoms with E-state index < -0.39 is 23.6 Å². The summed E-state index contributed by atoms with van der Waals surface area (Å²) < 4.78 is 47.7. The van der Waals surface area contributed by atoms with E-state index in [1.54, 1.807) is 18.2 Å². The van der Waals surface area contributed by atoms with E-state index in [0.29, 0.717) is 17.1 Å². The molecule has 2 aromatic carbocycles. The highest BCUT2D eigenvalue weighted by atomic mass is 19.4. The topological polar surface area (TPSA) is 89.0 Å². The van der Waals surface area contributed by atoms with Gasteiger partial charge in [0.1, 0.15) is 11.5 Å². The fourth-order valence-corrected chi connectivity index (χ4v) is 2.08. The molecular formula is C18H16F3N3O4. The van der Waals surface area contributed by atoms with Crippen molar-refractivity contribution in [2.45, 2.75) is 6.18 Å². The number of anilines is 1. The van der Waals surface area contributed by atoms with E-state index in [1.165, 1.54) is 20.4 Å². The molecule has 148 valence electrons. The molecule has 2 amide bonds. The number of nitrogens with zero attached hydrogens (tertiary/aromatic N) is 1. The van der Waals surface area contributed by atoms with Gasteiger partial charge in [-0.2, -0.15) is 18.3 Å². The minimum Gasteiger partial charge on any atom is -0.497 e. The number of benzene rings is 2. The molecule has 0 fully saturated rings. The molecule has 0 aromatic heterocycles. The van der Waals surface area contributed by atoms with Crippen molar-refractivity contribution in [2.24, 2.45) is 5.10 Å². The monoisotopic (exact) mass is 395 g/mol. The molecule has 0 saturated heterocycles. The molecule has 7 nitrogen and oxygen atoms in total. The van der Waals surface area contributed by atoms with Crippen LogP contribution in [0.2, 0.25) is 0 Å². The lowest BCUT2D eigenvalue weighted by Gasteiger charge is -2.08. The molecule has 0 unspecified atom stereocenters. The first-order valence-corrected chi connectivity index (χ1v) is 7.78. The van der Waals surface area contributed by atoms with Crippen LogP contribution < -0.4 is 20.2 Å². The maximum atomic E-state index is 12.5. The molecule has 0 spiro atoms. The van der Waals surface area contributed by atoms with Gasteiger partial charge in [-0.15, -0.1) is 0 Å². The van der Waals surface area contributed by atoms with E-state index in [2.05, 4.69) is 10.4 Å². The predicted molar refractivity (Wildman–Crippen MR) is 95.4 cm³/mol. The Morgan fingerprint density at radius 1 is 1.00 bits per heavy atom. The summed E-state index contributed by atoms with van der Waals surface area (Å²) in [5.41, 5.74) is 1.67. The zero-order chi connectivity index (χ0) is 20.7. The molecule has 0 bridgehead atoms. The Morgan fingerprint density at radius 2 is 1.68 bits per heavy atom. The summed E-state index contributed by atoms with van der Waals surface area (Å²) in [6, 6.07) is 8.58. The Balaban J connectivity index is 1.97. The van der Waals surface area contributed by atoms with Crippen LogP contribution in [0.15, 0.2) is 47.6 Å². The molecule has 2 rings (SSSR count). The van der Waals surface area contributed by atoms with E-state index in [-0.39, 0.29) is 5.69 Å². The summed E-state index contributed by atoms with van der Waals surface area (Å²) in [7, 11) is 2.94. The lowest BCUT2D eigenvalue weighted by Crippen LogP contribution is -2.32. The second kappa shape index (κ2) is 8.89. The molecule has 0 aliphatic rings. The number of hydrazone groups is 1. The van der Waals surface area contributed by atoms with Crippen molar-refractivity contribution in [1.29, 1.82) is 0 Å². The lowest BCUT2D eigenvalue weighted by atomic mass is 10.2. The van der Waals surface area contributed by atoms with Crippen molar-refractivity contribution >= 4 is 23.7 Å². The Labute approximate surface area is 158 Å². The Kier molecular flexibility index (Phi) is 6.59. The van der Waals surface area contributed by atoms with Gasteiger partial charge in [-0.1, -0.05) is 0 Å². The number of amides is 2. The lowest BCUT2D eigenvalue weighted by molar-refractivity contribution is -0.137. The highest BCUT2D eigenvalue weighted by Crippen LogP contribution is 2.29. The summed E-state index contributed by atoms with van der Waals surface area (Å²) in [5.74, 6) is -1.19. The summed E-state index contributed by atoms with van der Waals surface area (Å²) in [5, 5.41) is 5.84. The number of hydrogen-bond donors (Lipinski definition) is 2. The summed E-state index contributed by atoms with van der Waals surface area (Å²) in [6.45, 7) is 0. The van der Waals surface area contributed by atoms with Gasteiger partial charge >= 0.3 is 18.0 Å². The second-order valence-electron chi connectivity index (χ2n) is 5.34. The minimum absolute atomic E-state index is 0.0339. The number of hydrogen-bond acceptors (Lipinski definition) is 5. The fraction of sp³-hybridized carbons (Fsp3) is 0.167. The van der Waals surface area contributed by atoms with Gasteiger partial charge in [0, 0.05) is 11.3 Å². The van der Waals surface area contributed by atoms with Gasteiger partial charge in [0.05, 0.1) is 26.0 Å². The fourth-order valence-electron chi connectivity index (χ4n) is 2.08. The molecule has 10 heteroatoms.